The third-order valence-corrected chi connectivity index (χ3v) is 1.77. The van der Waals surface area contributed by atoms with Crippen molar-refractivity contribution in [3.8, 4) is 11.5 Å². The summed E-state index contributed by atoms with van der Waals surface area (Å²) in [5, 5.41) is 17.5. The first kappa shape index (κ1) is 11.3. The summed E-state index contributed by atoms with van der Waals surface area (Å²) in [7, 11) is 0. The molecule has 1 atom stereocenters. The largest absolute Gasteiger partial charge is 0.508 e. The molecule has 1 aromatic rings. The van der Waals surface area contributed by atoms with Gasteiger partial charge in [0.1, 0.15) is 18.1 Å². The van der Waals surface area contributed by atoms with Crippen LogP contribution in [-0.2, 0) is 4.79 Å². The molecule has 1 aromatic carbocycles. The van der Waals surface area contributed by atoms with Gasteiger partial charge in [0.15, 0.2) is 0 Å². The number of rotatable bonds is 4. The SMILES string of the molecule is CC(F)(COc1cccc(O)c1)C(=O)O. The van der Waals surface area contributed by atoms with Crippen molar-refractivity contribution in [2.24, 2.45) is 0 Å². The van der Waals surface area contributed by atoms with Crippen molar-refractivity contribution in [3.05, 3.63) is 24.3 Å². The number of hydrogen-bond donors (Lipinski definition) is 2. The molecule has 0 saturated carbocycles. The highest BCUT2D eigenvalue weighted by molar-refractivity contribution is 5.76. The normalized spacial score (nSPS) is 14.3. The molecule has 0 amide bonds. The molecule has 82 valence electrons. The first-order valence-electron chi connectivity index (χ1n) is 4.26. The zero-order valence-corrected chi connectivity index (χ0v) is 8.11. The van der Waals surface area contributed by atoms with Crippen LogP contribution in [0.2, 0.25) is 0 Å². The van der Waals surface area contributed by atoms with Crippen molar-refractivity contribution in [1.82, 2.24) is 0 Å². The van der Waals surface area contributed by atoms with Gasteiger partial charge in [-0.05, 0) is 19.1 Å². The van der Waals surface area contributed by atoms with E-state index < -0.39 is 18.2 Å². The van der Waals surface area contributed by atoms with Crippen LogP contribution in [0.4, 0.5) is 4.39 Å². The summed E-state index contributed by atoms with van der Waals surface area (Å²) in [4.78, 5) is 10.4. The second-order valence-electron chi connectivity index (χ2n) is 3.29. The van der Waals surface area contributed by atoms with Gasteiger partial charge in [0, 0.05) is 6.07 Å². The minimum Gasteiger partial charge on any atom is -0.508 e. The summed E-state index contributed by atoms with van der Waals surface area (Å²) >= 11 is 0. The van der Waals surface area contributed by atoms with Crippen LogP contribution >= 0.6 is 0 Å². The number of halogens is 1. The van der Waals surface area contributed by atoms with E-state index in [1.54, 1.807) is 0 Å². The van der Waals surface area contributed by atoms with Gasteiger partial charge >= 0.3 is 5.97 Å². The average Bonchev–Trinajstić information content (AvgIpc) is 2.15. The molecule has 0 radical (unpaired) electrons. The Morgan fingerprint density at radius 2 is 2.27 bits per heavy atom. The van der Waals surface area contributed by atoms with E-state index in [4.69, 9.17) is 14.9 Å². The molecule has 0 fully saturated rings. The van der Waals surface area contributed by atoms with Gasteiger partial charge in [-0.25, -0.2) is 9.18 Å². The lowest BCUT2D eigenvalue weighted by atomic mass is 10.1. The summed E-state index contributed by atoms with van der Waals surface area (Å²) < 4.78 is 18.1. The van der Waals surface area contributed by atoms with Gasteiger partial charge in [0.25, 0.3) is 0 Å². The van der Waals surface area contributed by atoms with E-state index in [-0.39, 0.29) is 11.5 Å². The number of carbonyl (C=O) groups is 1. The summed E-state index contributed by atoms with van der Waals surface area (Å²) in [5.41, 5.74) is -2.44. The second-order valence-corrected chi connectivity index (χ2v) is 3.29. The van der Waals surface area contributed by atoms with Crippen molar-refractivity contribution < 1.29 is 24.1 Å². The Morgan fingerprint density at radius 3 is 2.80 bits per heavy atom. The standard InChI is InChI=1S/C10H11FO4/c1-10(11,9(13)14)6-15-8-4-2-3-7(12)5-8/h2-5,12H,6H2,1H3,(H,13,14). The number of carboxylic acid groups (broad SMARTS) is 1. The van der Waals surface area contributed by atoms with Gasteiger partial charge < -0.3 is 14.9 Å². The summed E-state index contributed by atoms with van der Waals surface area (Å²) in [6.07, 6.45) is 0. The van der Waals surface area contributed by atoms with Crippen molar-refractivity contribution in [3.63, 3.8) is 0 Å². The van der Waals surface area contributed by atoms with Crippen LogP contribution in [0.5, 0.6) is 11.5 Å². The van der Waals surface area contributed by atoms with Gasteiger partial charge in [-0.1, -0.05) is 6.07 Å². The lowest BCUT2D eigenvalue weighted by molar-refractivity contribution is -0.151. The lowest BCUT2D eigenvalue weighted by Crippen LogP contribution is -2.36. The number of ether oxygens (including phenoxy) is 1. The molecule has 5 heteroatoms. The van der Waals surface area contributed by atoms with Crippen LogP contribution in [0, 0.1) is 0 Å². The number of phenols is 1. The maximum absolute atomic E-state index is 13.2. The number of carboxylic acids is 1. The minimum absolute atomic E-state index is 0.0246. The van der Waals surface area contributed by atoms with Crippen LogP contribution in [0.25, 0.3) is 0 Å². The molecule has 0 spiro atoms. The Balaban J connectivity index is 2.61. The van der Waals surface area contributed by atoms with E-state index in [0.29, 0.717) is 0 Å². The Bertz CT molecular complexity index is 362. The molecule has 1 rings (SSSR count). The van der Waals surface area contributed by atoms with E-state index in [1.165, 1.54) is 24.3 Å². The quantitative estimate of drug-likeness (QED) is 0.798. The molecule has 15 heavy (non-hydrogen) atoms. The molecule has 1 unspecified atom stereocenters. The molecule has 2 N–H and O–H groups in total. The monoisotopic (exact) mass is 214 g/mol. The molecular formula is C10H11FO4. The zero-order chi connectivity index (χ0) is 11.5. The van der Waals surface area contributed by atoms with Crippen molar-refractivity contribution >= 4 is 5.97 Å². The minimum atomic E-state index is -2.44. The van der Waals surface area contributed by atoms with E-state index in [9.17, 15) is 9.18 Å². The molecule has 4 nitrogen and oxygen atoms in total. The fourth-order valence-corrected chi connectivity index (χ4v) is 0.854. The van der Waals surface area contributed by atoms with Gasteiger partial charge in [0.05, 0.1) is 0 Å². The van der Waals surface area contributed by atoms with Crippen LogP contribution in [-0.4, -0.2) is 28.5 Å². The second kappa shape index (κ2) is 4.16. The highest BCUT2D eigenvalue weighted by Gasteiger charge is 2.33. The molecular weight excluding hydrogens is 203 g/mol. The molecule has 0 bridgehead atoms. The molecule has 0 heterocycles. The Morgan fingerprint density at radius 1 is 1.60 bits per heavy atom. The average molecular weight is 214 g/mol. The lowest BCUT2D eigenvalue weighted by Gasteiger charge is -2.15. The number of aromatic hydroxyl groups is 1. The molecule has 0 aromatic heterocycles. The van der Waals surface area contributed by atoms with Crippen molar-refractivity contribution in [1.29, 1.82) is 0 Å². The van der Waals surface area contributed by atoms with Gasteiger partial charge in [-0.3, -0.25) is 0 Å². The summed E-state index contributed by atoms with van der Waals surface area (Å²) in [6.45, 7) is 0.309. The van der Waals surface area contributed by atoms with Crippen molar-refractivity contribution in [2.75, 3.05) is 6.61 Å². The molecule has 0 saturated heterocycles. The highest BCUT2D eigenvalue weighted by Crippen LogP contribution is 2.20. The number of alkyl halides is 1. The van der Waals surface area contributed by atoms with Crippen LogP contribution in [0.15, 0.2) is 24.3 Å². The smallest absolute Gasteiger partial charge is 0.344 e. The Labute approximate surface area is 85.9 Å². The Hall–Kier alpha value is -1.78. The van der Waals surface area contributed by atoms with Gasteiger partial charge in [-0.15, -0.1) is 0 Å². The highest BCUT2D eigenvalue weighted by atomic mass is 19.1. The predicted octanol–water partition coefficient (Wildman–Crippen LogP) is 1.58. The first-order valence-corrected chi connectivity index (χ1v) is 4.26. The van der Waals surface area contributed by atoms with E-state index in [1.807, 2.05) is 0 Å². The fraction of sp³-hybridized carbons (Fsp3) is 0.300. The van der Waals surface area contributed by atoms with Crippen LogP contribution in [0.3, 0.4) is 0 Å². The molecule has 0 aliphatic carbocycles. The number of benzene rings is 1. The maximum atomic E-state index is 13.2. The van der Waals surface area contributed by atoms with E-state index in [2.05, 4.69) is 0 Å². The summed E-state index contributed by atoms with van der Waals surface area (Å²) in [6, 6.07) is 5.72. The number of aliphatic carboxylic acids is 1. The molecule has 0 aliphatic rings. The fourth-order valence-electron chi connectivity index (χ4n) is 0.854. The third kappa shape index (κ3) is 3.12. The summed E-state index contributed by atoms with van der Waals surface area (Å²) in [5.74, 6) is -1.38. The predicted molar refractivity (Wildman–Crippen MR) is 50.8 cm³/mol. The van der Waals surface area contributed by atoms with Crippen LogP contribution < -0.4 is 4.74 Å². The maximum Gasteiger partial charge on any atom is 0.344 e. The van der Waals surface area contributed by atoms with Crippen molar-refractivity contribution in [2.45, 2.75) is 12.6 Å². The topological polar surface area (TPSA) is 66.8 Å². The van der Waals surface area contributed by atoms with E-state index >= 15 is 0 Å². The Kier molecular flexibility index (Phi) is 3.14. The van der Waals surface area contributed by atoms with Gasteiger partial charge in [-0.2, -0.15) is 0 Å². The third-order valence-electron chi connectivity index (χ3n) is 1.77. The molecule has 0 aliphatic heterocycles. The van der Waals surface area contributed by atoms with E-state index in [0.717, 1.165) is 6.92 Å². The first-order chi connectivity index (χ1) is 6.92. The van der Waals surface area contributed by atoms with Crippen LogP contribution in [0.1, 0.15) is 6.92 Å². The zero-order valence-electron chi connectivity index (χ0n) is 8.11. The number of hydrogen-bond acceptors (Lipinski definition) is 3. The number of phenolic OH excluding ortho intramolecular Hbond substituents is 1. The van der Waals surface area contributed by atoms with Gasteiger partial charge in [0.2, 0.25) is 5.67 Å².